The van der Waals surface area contributed by atoms with Gasteiger partial charge in [-0.2, -0.15) is 5.10 Å². The number of carboxylic acid groups (broad SMARTS) is 1. The van der Waals surface area contributed by atoms with E-state index in [-0.39, 0.29) is 42.2 Å². The Morgan fingerprint density at radius 2 is 1.90 bits per heavy atom. The second-order valence-corrected chi connectivity index (χ2v) is 13.1. The minimum Gasteiger partial charge on any atom is -0.480 e. The predicted molar refractivity (Wildman–Crippen MR) is 176 cm³/mol. The molecule has 248 valence electrons. The van der Waals surface area contributed by atoms with Crippen LogP contribution >= 0.6 is 0 Å². The Kier molecular flexibility index (Phi) is 8.85. The van der Waals surface area contributed by atoms with E-state index in [1.807, 2.05) is 16.8 Å². The van der Waals surface area contributed by atoms with Crippen LogP contribution in [-0.4, -0.2) is 44.8 Å². The molecule has 6 rings (SSSR count). The van der Waals surface area contributed by atoms with Crippen LogP contribution in [0, 0.1) is 15.5 Å². The number of nitro groups is 1. The number of aldehydes is 1. The molecule has 2 heterocycles. The number of amides is 1. The summed E-state index contributed by atoms with van der Waals surface area (Å²) in [6.07, 6.45) is 2.44. The molecule has 1 fully saturated rings. The molecule has 2 N–H and O–H groups in total. The number of benzene rings is 3. The van der Waals surface area contributed by atoms with Crippen LogP contribution in [0.3, 0.4) is 0 Å². The van der Waals surface area contributed by atoms with E-state index in [0.717, 1.165) is 59.8 Å². The second-order valence-electron chi connectivity index (χ2n) is 13.1. The van der Waals surface area contributed by atoms with Crippen molar-refractivity contribution in [1.82, 2.24) is 9.78 Å². The van der Waals surface area contributed by atoms with E-state index in [0.29, 0.717) is 12.2 Å². The molecule has 0 radical (unpaired) electrons. The Morgan fingerprint density at radius 1 is 1.15 bits per heavy atom. The molecule has 0 saturated carbocycles. The number of carbonyl (C=O) groups excluding carboxylic acids is 2. The van der Waals surface area contributed by atoms with Gasteiger partial charge in [0.25, 0.3) is 5.69 Å². The topological polar surface area (TPSA) is 163 Å². The van der Waals surface area contributed by atoms with Gasteiger partial charge in [-0.3, -0.25) is 20.2 Å². The monoisotopic (exact) mass is 652 g/mol. The maximum absolute atomic E-state index is 12.9. The Bertz CT molecular complexity index is 1880. The molecule has 1 saturated heterocycles. The van der Waals surface area contributed by atoms with Gasteiger partial charge in [-0.1, -0.05) is 62.4 Å². The van der Waals surface area contributed by atoms with Crippen molar-refractivity contribution in [2.75, 3.05) is 11.9 Å². The van der Waals surface area contributed by atoms with Crippen LogP contribution in [-0.2, 0) is 50.3 Å². The third-order valence-corrected chi connectivity index (χ3v) is 9.16. The number of carboxylic acids is 1. The van der Waals surface area contributed by atoms with Crippen LogP contribution in [0.4, 0.5) is 16.2 Å². The van der Waals surface area contributed by atoms with Gasteiger partial charge in [0.2, 0.25) is 0 Å². The number of ether oxygens (including phenoxy) is 2. The first-order valence-electron chi connectivity index (χ1n) is 15.8. The van der Waals surface area contributed by atoms with Crippen molar-refractivity contribution < 1.29 is 33.9 Å². The Balaban J connectivity index is 1.30. The molecular formula is C36H36N4O8. The van der Waals surface area contributed by atoms with E-state index >= 15 is 0 Å². The normalized spacial score (nSPS) is 17.7. The first-order chi connectivity index (χ1) is 23.0. The molecular weight excluding hydrogens is 616 g/mol. The van der Waals surface area contributed by atoms with Crippen molar-refractivity contribution in [3.05, 3.63) is 111 Å². The van der Waals surface area contributed by atoms with Gasteiger partial charge in [0.15, 0.2) is 11.6 Å². The van der Waals surface area contributed by atoms with Gasteiger partial charge in [0.05, 0.1) is 28.5 Å². The van der Waals surface area contributed by atoms with Gasteiger partial charge in [-0.05, 0) is 60.4 Å². The molecule has 12 heteroatoms. The van der Waals surface area contributed by atoms with Crippen molar-refractivity contribution in [2.24, 2.45) is 5.41 Å². The third-order valence-electron chi connectivity index (χ3n) is 9.16. The zero-order valence-electron chi connectivity index (χ0n) is 26.7. The lowest BCUT2D eigenvalue weighted by atomic mass is 9.75. The lowest BCUT2D eigenvalue weighted by Crippen LogP contribution is -2.40. The maximum atomic E-state index is 12.9. The summed E-state index contributed by atoms with van der Waals surface area (Å²) < 4.78 is 13.0. The minimum absolute atomic E-state index is 0.00896. The van der Waals surface area contributed by atoms with Crippen molar-refractivity contribution in [3.63, 3.8) is 0 Å². The lowest BCUT2D eigenvalue weighted by Gasteiger charge is -2.33. The van der Waals surface area contributed by atoms with E-state index in [9.17, 15) is 29.6 Å². The molecule has 4 aromatic rings. The molecule has 48 heavy (non-hydrogen) atoms. The highest BCUT2D eigenvalue weighted by Crippen LogP contribution is 2.42. The zero-order valence-corrected chi connectivity index (χ0v) is 26.7. The van der Waals surface area contributed by atoms with Crippen molar-refractivity contribution in [3.8, 4) is 11.3 Å². The smallest absolute Gasteiger partial charge is 0.411 e. The van der Waals surface area contributed by atoms with Gasteiger partial charge in [-0.25, -0.2) is 9.48 Å². The predicted octanol–water partition coefficient (Wildman–Crippen LogP) is 6.40. The van der Waals surface area contributed by atoms with Crippen LogP contribution < -0.4 is 5.32 Å². The van der Waals surface area contributed by atoms with Crippen LogP contribution in [0.25, 0.3) is 11.3 Å². The van der Waals surface area contributed by atoms with E-state index in [4.69, 9.17) is 14.6 Å². The molecule has 1 aromatic heterocycles. The number of nitrogens with zero attached hydrogens (tertiary/aromatic N) is 3. The average molecular weight is 653 g/mol. The Morgan fingerprint density at radius 3 is 2.56 bits per heavy atom. The summed E-state index contributed by atoms with van der Waals surface area (Å²) in [5, 5.41) is 30.1. The summed E-state index contributed by atoms with van der Waals surface area (Å²) in [6, 6.07) is 19.6. The molecule has 1 aliphatic carbocycles. The van der Waals surface area contributed by atoms with Gasteiger partial charge in [0, 0.05) is 29.3 Å². The number of nitro benzene ring substituents is 1. The average Bonchev–Trinajstić information content (AvgIpc) is 3.39. The number of hydrogen-bond donors (Lipinski definition) is 2. The van der Waals surface area contributed by atoms with Crippen LogP contribution in [0.2, 0.25) is 0 Å². The number of fused-ring (bicyclic) bond motifs is 1. The summed E-state index contributed by atoms with van der Waals surface area (Å²) in [6.45, 7) is 5.13. The highest BCUT2D eigenvalue weighted by Gasteiger charge is 2.45. The van der Waals surface area contributed by atoms with E-state index in [2.05, 4.69) is 19.2 Å². The van der Waals surface area contributed by atoms with E-state index in [1.165, 1.54) is 12.1 Å². The van der Waals surface area contributed by atoms with Gasteiger partial charge >= 0.3 is 12.1 Å². The first kappa shape index (κ1) is 32.6. The van der Waals surface area contributed by atoms with E-state index in [1.54, 1.807) is 42.5 Å². The molecule has 2 aliphatic rings. The molecule has 1 amide bonds. The number of nitrogens with one attached hydrogen (secondary N) is 1. The van der Waals surface area contributed by atoms with Crippen molar-refractivity contribution in [2.45, 2.75) is 64.2 Å². The van der Waals surface area contributed by atoms with Crippen LogP contribution in [0.1, 0.15) is 60.9 Å². The molecule has 1 aliphatic heterocycles. The lowest BCUT2D eigenvalue weighted by molar-refractivity contribution is -0.385. The summed E-state index contributed by atoms with van der Waals surface area (Å²) in [5.74, 6) is -1.54. The van der Waals surface area contributed by atoms with Gasteiger partial charge in [0.1, 0.15) is 12.9 Å². The largest absolute Gasteiger partial charge is 0.480 e. The van der Waals surface area contributed by atoms with Gasteiger partial charge in [-0.15, -0.1) is 0 Å². The fraction of sp³-hybridized carbons (Fsp3) is 0.333. The molecule has 2 atom stereocenters. The molecule has 0 bridgehead atoms. The number of anilines is 1. The van der Waals surface area contributed by atoms with Gasteiger partial charge < -0.3 is 19.4 Å². The number of aliphatic carboxylic acids is 1. The molecule has 12 nitrogen and oxygen atoms in total. The Hall–Kier alpha value is -5.36. The van der Waals surface area contributed by atoms with E-state index < -0.39 is 28.1 Å². The molecule has 2 unspecified atom stereocenters. The zero-order chi connectivity index (χ0) is 34.1. The summed E-state index contributed by atoms with van der Waals surface area (Å²) in [5.41, 5.74) is 1.93. The highest BCUT2D eigenvalue weighted by molar-refractivity contribution is 6.01. The van der Waals surface area contributed by atoms with Crippen molar-refractivity contribution >= 4 is 29.7 Å². The summed E-state index contributed by atoms with van der Waals surface area (Å²) >= 11 is 0. The first-order valence-corrected chi connectivity index (χ1v) is 15.8. The number of rotatable bonds is 11. The number of carbonyl (C=O) groups is 3. The second kappa shape index (κ2) is 13.0. The fourth-order valence-corrected chi connectivity index (χ4v) is 6.45. The molecule has 3 aromatic carbocycles. The maximum Gasteiger partial charge on any atom is 0.411 e. The third kappa shape index (κ3) is 6.43. The Labute approximate surface area is 276 Å². The minimum atomic E-state index is -2.30. The quantitative estimate of drug-likeness (QED) is 0.0807. The van der Waals surface area contributed by atoms with Crippen LogP contribution in [0.5, 0.6) is 0 Å². The number of hydrogen-bond acceptors (Lipinski definition) is 8. The molecule has 0 spiro atoms. The fourth-order valence-electron chi connectivity index (χ4n) is 6.45. The van der Waals surface area contributed by atoms with Crippen LogP contribution in [0.15, 0.2) is 72.8 Å². The van der Waals surface area contributed by atoms with Crippen molar-refractivity contribution in [1.29, 1.82) is 0 Å². The standard InChI is InChI=1S/C36H36N4O8/c1-35(2)15-13-27-30(20-35)39(31-14-16-47-31)38-32(27)25-10-6-9-24(17-25)19-36(22-41,33(42)43)28-12-11-26(18-29(28)40(45)46)37-34(44)48-21-23-7-4-3-5-8-23/h3-12,17-18,22,31H,13-16,19-21H2,1-2H3,(H,37,44)(H,42,43). The number of aromatic nitrogens is 2. The summed E-state index contributed by atoms with van der Waals surface area (Å²) in [7, 11) is 0. The highest BCUT2D eigenvalue weighted by atomic mass is 16.6. The summed E-state index contributed by atoms with van der Waals surface area (Å²) in [4.78, 5) is 49.5. The SMILES string of the molecule is CC1(C)CCc2c(-c3cccc(CC(C=O)(C(=O)O)c4ccc(NC(=O)OCc5ccccc5)cc4[N+](=O)[O-])c3)nn(C3CCO3)c2C1.